The highest BCUT2D eigenvalue weighted by atomic mass is 16.2. The summed E-state index contributed by atoms with van der Waals surface area (Å²) in [7, 11) is 1.89. The maximum absolute atomic E-state index is 12.6. The summed E-state index contributed by atoms with van der Waals surface area (Å²) in [6, 6.07) is 11.0. The lowest BCUT2D eigenvalue weighted by atomic mass is 9.97. The van der Waals surface area contributed by atoms with Crippen LogP contribution in [0.5, 0.6) is 0 Å². The van der Waals surface area contributed by atoms with Gasteiger partial charge < -0.3 is 10.6 Å². The maximum Gasteiger partial charge on any atom is 0.237 e. The van der Waals surface area contributed by atoms with Gasteiger partial charge in [0.1, 0.15) is 0 Å². The third-order valence-corrected chi connectivity index (χ3v) is 5.88. The molecule has 0 spiro atoms. The number of hydrogen-bond acceptors (Lipinski definition) is 3. The largest absolute Gasteiger partial charge is 0.352 e. The summed E-state index contributed by atoms with van der Waals surface area (Å²) in [5.41, 5.74) is 1.38. The lowest BCUT2D eigenvalue weighted by Gasteiger charge is -2.25. The van der Waals surface area contributed by atoms with Crippen LogP contribution in [-0.4, -0.2) is 43.0 Å². The molecule has 1 heterocycles. The quantitative estimate of drug-likeness (QED) is 0.800. The molecule has 0 radical (unpaired) electrons. The van der Waals surface area contributed by atoms with Gasteiger partial charge in [-0.15, -0.1) is 0 Å². The number of nitrogens with one attached hydrogen (secondary N) is 2. The molecule has 1 amide bonds. The standard InChI is InChI=1S/C21H33N3O/c1-15(2)11-20(22-3)21(25)23-19-10-9-17-13-24(14-18(17)19)12-16-7-5-4-6-8-16/h4-8,15,17-20,22H,9-14H2,1-3H3,(H,23,25)/t17-,18+,19-,20-/m0/s1. The Morgan fingerprint density at radius 2 is 1.96 bits per heavy atom. The number of hydrogen-bond donors (Lipinski definition) is 2. The minimum absolute atomic E-state index is 0.0686. The van der Waals surface area contributed by atoms with Crippen molar-refractivity contribution in [2.45, 2.75) is 51.7 Å². The summed E-state index contributed by atoms with van der Waals surface area (Å²) in [4.78, 5) is 15.2. The highest BCUT2D eigenvalue weighted by Crippen LogP contribution is 2.38. The molecule has 3 rings (SSSR count). The fourth-order valence-electron chi connectivity index (χ4n) is 4.62. The molecule has 4 heteroatoms. The molecule has 1 aliphatic carbocycles. The van der Waals surface area contributed by atoms with Gasteiger partial charge in [0.2, 0.25) is 5.91 Å². The molecule has 1 aromatic carbocycles. The predicted molar refractivity (Wildman–Crippen MR) is 102 cm³/mol. The van der Waals surface area contributed by atoms with E-state index in [4.69, 9.17) is 0 Å². The lowest BCUT2D eigenvalue weighted by Crippen LogP contribution is -2.49. The molecule has 0 bridgehead atoms. The van der Waals surface area contributed by atoms with E-state index in [0.29, 0.717) is 17.9 Å². The molecule has 2 fully saturated rings. The van der Waals surface area contributed by atoms with Crippen LogP contribution in [0.2, 0.25) is 0 Å². The number of likely N-dealkylation sites (tertiary alicyclic amines) is 1. The van der Waals surface area contributed by atoms with Gasteiger partial charge in [-0.1, -0.05) is 44.2 Å². The van der Waals surface area contributed by atoms with E-state index in [1.165, 1.54) is 18.5 Å². The van der Waals surface area contributed by atoms with E-state index in [9.17, 15) is 4.79 Å². The molecular formula is C21H33N3O. The summed E-state index contributed by atoms with van der Waals surface area (Å²) in [5, 5.41) is 6.55. The first kappa shape index (κ1) is 18.4. The molecular weight excluding hydrogens is 310 g/mol. The summed E-state index contributed by atoms with van der Waals surface area (Å²) in [5.74, 6) is 2.06. The molecule has 0 unspecified atom stereocenters. The second kappa shape index (κ2) is 8.33. The van der Waals surface area contributed by atoms with Crippen molar-refractivity contribution in [2.75, 3.05) is 20.1 Å². The van der Waals surface area contributed by atoms with Gasteiger partial charge in [0, 0.05) is 25.7 Å². The fourth-order valence-corrected chi connectivity index (χ4v) is 4.62. The minimum Gasteiger partial charge on any atom is -0.352 e. The highest BCUT2D eigenvalue weighted by molar-refractivity contribution is 5.82. The van der Waals surface area contributed by atoms with Crippen LogP contribution in [-0.2, 0) is 11.3 Å². The van der Waals surface area contributed by atoms with E-state index >= 15 is 0 Å². The van der Waals surface area contributed by atoms with Crippen LogP contribution in [0.1, 0.15) is 38.7 Å². The molecule has 0 aromatic heterocycles. The number of likely N-dealkylation sites (N-methyl/N-ethyl adjacent to an activating group) is 1. The van der Waals surface area contributed by atoms with Crippen molar-refractivity contribution < 1.29 is 4.79 Å². The number of carbonyl (C=O) groups is 1. The molecule has 1 aromatic rings. The van der Waals surface area contributed by atoms with E-state index < -0.39 is 0 Å². The second-order valence-electron chi connectivity index (χ2n) is 8.27. The van der Waals surface area contributed by atoms with Crippen molar-refractivity contribution in [1.82, 2.24) is 15.5 Å². The van der Waals surface area contributed by atoms with Gasteiger partial charge in [-0.3, -0.25) is 9.69 Å². The van der Waals surface area contributed by atoms with Gasteiger partial charge in [-0.2, -0.15) is 0 Å². The zero-order valence-corrected chi connectivity index (χ0v) is 15.9. The van der Waals surface area contributed by atoms with Gasteiger partial charge in [0.15, 0.2) is 0 Å². The Bertz CT molecular complexity index is 560. The third kappa shape index (κ3) is 4.62. The molecule has 2 N–H and O–H groups in total. The van der Waals surface area contributed by atoms with Gasteiger partial charge in [-0.05, 0) is 49.6 Å². The van der Waals surface area contributed by atoms with Crippen molar-refractivity contribution in [3.8, 4) is 0 Å². The van der Waals surface area contributed by atoms with Crippen LogP contribution in [0.25, 0.3) is 0 Å². The first-order chi connectivity index (χ1) is 12.1. The van der Waals surface area contributed by atoms with Crippen molar-refractivity contribution >= 4 is 5.91 Å². The number of nitrogens with zero attached hydrogens (tertiary/aromatic N) is 1. The first-order valence-electron chi connectivity index (χ1n) is 9.80. The van der Waals surface area contributed by atoms with E-state index in [-0.39, 0.29) is 11.9 Å². The summed E-state index contributed by atoms with van der Waals surface area (Å²) in [6.07, 6.45) is 3.27. The van der Waals surface area contributed by atoms with E-state index in [0.717, 1.165) is 31.8 Å². The molecule has 1 saturated heterocycles. The van der Waals surface area contributed by atoms with E-state index in [1.54, 1.807) is 0 Å². The summed E-state index contributed by atoms with van der Waals surface area (Å²) in [6.45, 7) is 7.65. The van der Waals surface area contributed by atoms with Gasteiger partial charge in [0.25, 0.3) is 0 Å². The van der Waals surface area contributed by atoms with Crippen molar-refractivity contribution in [3.05, 3.63) is 35.9 Å². The van der Waals surface area contributed by atoms with Crippen molar-refractivity contribution in [3.63, 3.8) is 0 Å². The lowest BCUT2D eigenvalue weighted by molar-refractivity contribution is -0.124. The Hall–Kier alpha value is -1.39. The van der Waals surface area contributed by atoms with Crippen molar-refractivity contribution in [2.24, 2.45) is 17.8 Å². The number of carbonyl (C=O) groups excluding carboxylic acids is 1. The summed E-state index contributed by atoms with van der Waals surface area (Å²) >= 11 is 0. The number of benzene rings is 1. The number of rotatable bonds is 7. The van der Waals surface area contributed by atoms with E-state index in [2.05, 4.69) is 59.7 Å². The Morgan fingerprint density at radius 1 is 1.20 bits per heavy atom. The monoisotopic (exact) mass is 343 g/mol. The van der Waals surface area contributed by atoms with Crippen LogP contribution in [0.4, 0.5) is 0 Å². The maximum atomic E-state index is 12.6. The molecule has 138 valence electrons. The Morgan fingerprint density at radius 3 is 2.64 bits per heavy atom. The average molecular weight is 344 g/mol. The molecule has 1 saturated carbocycles. The fraction of sp³-hybridized carbons (Fsp3) is 0.667. The minimum atomic E-state index is -0.0686. The van der Waals surface area contributed by atoms with Gasteiger partial charge in [-0.25, -0.2) is 0 Å². The molecule has 1 aliphatic heterocycles. The normalized spacial score (nSPS) is 27.4. The third-order valence-electron chi connectivity index (χ3n) is 5.88. The topological polar surface area (TPSA) is 44.4 Å². The van der Waals surface area contributed by atoms with Crippen LogP contribution >= 0.6 is 0 Å². The predicted octanol–water partition coefficient (Wildman–Crippen LogP) is 2.65. The zero-order valence-electron chi connectivity index (χ0n) is 15.9. The molecule has 4 atom stereocenters. The van der Waals surface area contributed by atoms with Crippen LogP contribution in [0.15, 0.2) is 30.3 Å². The van der Waals surface area contributed by atoms with Gasteiger partial charge >= 0.3 is 0 Å². The van der Waals surface area contributed by atoms with Gasteiger partial charge in [0.05, 0.1) is 6.04 Å². The molecule has 2 aliphatic rings. The molecule has 25 heavy (non-hydrogen) atoms. The molecule has 4 nitrogen and oxygen atoms in total. The SMILES string of the molecule is CN[C@@H](CC(C)C)C(=O)N[C@H]1CC[C@H]2CN(Cc3ccccc3)C[C@H]21. The van der Waals surface area contributed by atoms with Crippen LogP contribution in [0, 0.1) is 17.8 Å². The van der Waals surface area contributed by atoms with Crippen LogP contribution < -0.4 is 10.6 Å². The Kier molecular flexibility index (Phi) is 6.13. The number of fused-ring (bicyclic) bond motifs is 1. The van der Waals surface area contributed by atoms with Crippen molar-refractivity contribution in [1.29, 1.82) is 0 Å². The van der Waals surface area contributed by atoms with Crippen LogP contribution in [0.3, 0.4) is 0 Å². The second-order valence-corrected chi connectivity index (χ2v) is 8.27. The first-order valence-corrected chi connectivity index (χ1v) is 9.80. The Balaban J connectivity index is 1.54. The highest BCUT2D eigenvalue weighted by Gasteiger charge is 2.43. The summed E-state index contributed by atoms with van der Waals surface area (Å²) < 4.78 is 0. The number of amides is 1. The average Bonchev–Trinajstić information content (AvgIpc) is 3.14. The zero-order chi connectivity index (χ0) is 17.8. The smallest absolute Gasteiger partial charge is 0.237 e. The Labute approximate surface area is 152 Å². The van der Waals surface area contributed by atoms with E-state index in [1.807, 2.05) is 7.05 Å².